The van der Waals surface area contributed by atoms with Crippen LogP contribution in [0.15, 0.2) is 73.6 Å². The highest BCUT2D eigenvalue weighted by Crippen LogP contribution is 2.49. The fraction of sp³-hybridized carbons (Fsp3) is 0.425. The van der Waals surface area contributed by atoms with Gasteiger partial charge in [-0.1, -0.05) is 85.5 Å². The van der Waals surface area contributed by atoms with E-state index in [1.807, 2.05) is 42.5 Å². The molecule has 6 fully saturated rings. The molecule has 18 rings (SSSR count). The molecule has 134 heavy (non-hydrogen) atoms. The van der Waals surface area contributed by atoms with Crippen LogP contribution >= 0.6 is 69.6 Å². The molecule has 6 saturated heterocycles. The summed E-state index contributed by atoms with van der Waals surface area (Å²) in [4.78, 5) is 71.7. The molecule has 20 N–H and O–H groups in total. The number of nitrogens with zero attached hydrogens (tertiary/aromatic N) is 18. The number of aliphatic hydroxyl groups excluding tert-OH is 4. The molecule has 0 spiro atoms. The lowest BCUT2D eigenvalue weighted by Gasteiger charge is -2.25. The number of aliphatic hydroxyl groups is 7. The summed E-state index contributed by atoms with van der Waals surface area (Å²) in [7, 11) is 2.28. The van der Waals surface area contributed by atoms with Crippen LogP contribution in [-0.4, -0.2) is 226 Å². The first-order valence-corrected chi connectivity index (χ1v) is 41.3. The van der Waals surface area contributed by atoms with Gasteiger partial charge >= 0.3 is 11.9 Å². The van der Waals surface area contributed by atoms with Crippen molar-refractivity contribution >= 4 is 183 Å². The van der Waals surface area contributed by atoms with Gasteiger partial charge in [-0.15, -0.1) is 38.5 Å². The molecule has 18 atom stereocenters. The number of aliphatic carboxylic acids is 1. The molecule has 0 radical (unpaired) electrons. The van der Waals surface area contributed by atoms with Gasteiger partial charge in [-0.05, 0) is 132 Å². The SMILES string of the molecule is C.C.C.C#C[C@]1(C(=O)O)O[C@@H](n2ccc3c(N)nc(Cl)nc32)C[C@@H]1C.C#C[C@]1(C(=O)OC)O[C@@H](n2ccc3c(N)nc(Cl)nc32)C[C@@H]1C.C#C[C@]1(CO)O[C@@H](n2ccc3c(N)nc(Cl)nc32)C[C@@H]1C.CO.[2H]C([2H])(O)[C@@]1(C#C)O[C@@H](n2ccc3c(N)nc(Cl)nc32)C[C@@H]1C.[2H]C([2H])(O)[C@@]1(C#C)O[C@@H](n2ccc3c(N)nc(Cl)nc32)C[C@@H]1O.[2H]C([2H])(O)[C@@]1(C#C)O[C@@H](n2ccc3c(N)nc(Cl)nc32)C[C@@H]1O. The molecule has 0 unspecified atom stereocenters. The highest BCUT2D eigenvalue weighted by molar-refractivity contribution is 6.30. The first-order chi connectivity index (χ1) is 64.4. The number of terminal acetylenes is 6. The molecule has 18 heterocycles. The van der Waals surface area contributed by atoms with Gasteiger partial charge in [-0.25, -0.2) is 39.5 Å². The molecule has 41 nitrogen and oxygen atoms in total. The van der Waals surface area contributed by atoms with E-state index < -0.39 is 114 Å². The second kappa shape index (κ2) is 42.3. The quantitative estimate of drug-likeness (QED) is 0.0308. The normalized spacial score (nSPS) is 28.3. The summed E-state index contributed by atoms with van der Waals surface area (Å²) in [5, 5.41) is 79.2. The Hall–Kier alpha value is -12.0. The Kier molecular flexibility index (Phi) is 30.5. The van der Waals surface area contributed by atoms with Gasteiger partial charge in [0.2, 0.25) is 42.9 Å². The molecular weight excluding hydrogens is 1870 g/mol. The van der Waals surface area contributed by atoms with E-state index in [9.17, 15) is 45.3 Å². The Bertz CT molecular complexity index is 6600. The van der Waals surface area contributed by atoms with Crippen molar-refractivity contribution in [1.82, 2.24) is 87.2 Å². The Morgan fingerprint density at radius 3 is 0.806 bits per heavy atom. The van der Waals surface area contributed by atoms with Crippen LogP contribution in [0.5, 0.6) is 0 Å². The smallest absolute Gasteiger partial charge is 0.351 e. The van der Waals surface area contributed by atoms with Crippen LogP contribution < -0.4 is 34.4 Å². The molecule has 6 aliphatic rings. The molecule has 47 heteroatoms. The second-order valence-electron chi connectivity index (χ2n) is 30.2. The number of hydrogen-bond donors (Lipinski definition) is 14. The minimum atomic E-state index is -2.93. The van der Waals surface area contributed by atoms with Crippen LogP contribution in [0.25, 0.3) is 66.2 Å². The number of carboxylic acids is 1. The molecule has 0 bridgehead atoms. The summed E-state index contributed by atoms with van der Waals surface area (Å²) in [5.41, 5.74) is 27.5. The van der Waals surface area contributed by atoms with E-state index in [-0.39, 0.29) is 127 Å². The summed E-state index contributed by atoms with van der Waals surface area (Å²) < 4.78 is 94.2. The van der Waals surface area contributed by atoms with Crippen LogP contribution in [0.4, 0.5) is 34.9 Å². The maximum absolute atomic E-state index is 12.1. The monoisotopic (exact) mass is 1970 g/mol. The zero-order valence-electron chi connectivity index (χ0n) is 75.8. The first-order valence-electron chi connectivity index (χ1n) is 42.0. The maximum Gasteiger partial charge on any atom is 0.351 e. The molecule has 712 valence electrons. The molecular formula is C87H100Cl6N24O17. The van der Waals surface area contributed by atoms with Crippen LogP contribution in [0.3, 0.4) is 0 Å². The largest absolute Gasteiger partial charge is 0.478 e. The third-order valence-corrected chi connectivity index (χ3v) is 24.0. The average molecular weight is 1970 g/mol. The Morgan fingerprint density at radius 2 is 0.604 bits per heavy atom. The predicted molar refractivity (Wildman–Crippen MR) is 505 cm³/mol. The summed E-state index contributed by atoms with van der Waals surface area (Å²) >= 11 is 35.1. The zero-order valence-corrected chi connectivity index (χ0v) is 74.3. The Labute approximate surface area is 806 Å². The lowest BCUT2D eigenvalue weighted by atomic mass is 9.89. The van der Waals surface area contributed by atoms with E-state index in [1.165, 1.54) is 16.2 Å². The van der Waals surface area contributed by atoms with E-state index in [1.54, 1.807) is 88.9 Å². The number of fused-ring (bicyclic) bond motifs is 6. The van der Waals surface area contributed by atoms with Gasteiger partial charge < -0.3 is 136 Å². The van der Waals surface area contributed by atoms with Crippen molar-refractivity contribution in [1.29, 1.82) is 0 Å². The Balaban J connectivity index is 0.000000186. The van der Waals surface area contributed by atoms with Crippen molar-refractivity contribution < 1.29 is 91.8 Å². The number of nitrogen functional groups attached to an aromatic ring is 6. The molecule has 0 aromatic carbocycles. The Morgan fingerprint density at radius 1 is 0.388 bits per heavy atom. The molecule has 0 aliphatic carbocycles. The van der Waals surface area contributed by atoms with Crippen molar-refractivity contribution in [2.45, 2.75) is 172 Å². The molecule has 0 saturated carbocycles. The lowest BCUT2D eigenvalue weighted by molar-refractivity contribution is -0.165. The average Bonchev–Trinajstić information content (AvgIpc) is 1.58. The van der Waals surface area contributed by atoms with Gasteiger partial charge in [0.1, 0.15) is 118 Å². The van der Waals surface area contributed by atoms with Gasteiger partial charge in [0.15, 0.2) is 22.4 Å². The van der Waals surface area contributed by atoms with Crippen LogP contribution in [0.1, 0.15) is 134 Å². The third-order valence-electron chi connectivity index (χ3n) is 23.0. The van der Waals surface area contributed by atoms with Gasteiger partial charge in [-0.3, -0.25) is 0 Å². The standard InChI is InChI=1S/C15H15ClN4O3.C14H13ClN4O3.2C14H15ClN4O2.2C13H13ClN4O3.CH4O.3CH4/c1-4-15(13(21)22-3)8(2)7-10(23-15)20-6-5-9-11(17)18-14(16)19-12(9)20;1-3-14(12(20)21)7(2)6-9(22-14)19-5-4-8-10(16)17-13(15)18-11(8)19;2*1-3-14(7-20)8(2)6-10(21-14)19-5-4-9-11(16)17-13(15)18-12(9)19;2*1-2-13(6-19)8(20)5-9(21-13)18-4-3-7-10(15)16-12(14)17-11(7)18;1-2;;;/h1,5-6,8,10H,7H2,2-3H3,(H2,17,18,19);1,4-5,7,9H,6H2,2H3,(H,20,21)(H2,16,17,18);2*1,4-5,8,10,20H,6-7H2,2H3,(H2,16,17,18);2*1,3-4,8-9,19-20H,5-6H2,(H2,15,16,17);2H,1H3;3*1H4/t8-,10+,15-;7-,9+,14-;2*8-,10+,14+;2*8-,9+,13+;;;;/m000000..../s1/i;;7D2;;2*6D2;;;;. The van der Waals surface area contributed by atoms with Gasteiger partial charge in [0, 0.05) is 80.8 Å². The topological polar surface area (TPSA) is 601 Å². The van der Waals surface area contributed by atoms with Crippen LogP contribution in [-0.2, 0) is 42.7 Å². The number of carbonyl (C=O) groups excluding carboxylic acids is 1. The van der Waals surface area contributed by atoms with Crippen LogP contribution in [0, 0.1) is 97.7 Å². The third kappa shape index (κ3) is 19.4. The summed E-state index contributed by atoms with van der Waals surface area (Å²) in [6.07, 6.45) is 38.1. The minimum Gasteiger partial charge on any atom is -0.478 e. The lowest BCUT2D eigenvalue weighted by Crippen LogP contribution is -2.42. The summed E-state index contributed by atoms with van der Waals surface area (Å²) in [6.45, 7) is -1.47. The number of rotatable bonds is 12. The number of aromatic nitrogens is 18. The number of methoxy groups -OCH3 is 1. The number of halogens is 6. The van der Waals surface area contributed by atoms with E-state index in [2.05, 4.69) is 83.5 Å². The number of ether oxygens (including phenoxy) is 7. The molecule has 0 amide bonds. The molecule has 12 aromatic rings. The molecule has 12 aromatic heterocycles. The zero-order chi connectivity index (χ0) is 101. The number of anilines is 6. The second-order valence-corrected chi connectivity index (χ2v) is 32.3. The van der Waals surface area contributed by atoms with Gasteiger partial charge in [-0.2, -0.15) is 29.9 Å². The van der Waals surface area contributed by atoms with E-state index in [0.29, 0.717) is 97.7 Å². The van der Waals surface area contributed by atoms with Crippen molar-refractivity contribution in [2.75, 3.05) is 74.9 Å². The van der Waals surface area contributed by atoms with E-state index in [0.717, 1.165) is 7.11 Å². The summed E-state index contributed by atoms with van der Waals surface area (Å²) in [5.74, 6) is 12.4. The van der Waals surface area contributed by atoms with Crippen LogP contribution in [0.2, 0.25) is 31.7 Å². The molecule has 6 aliphatic heterocycles. The first kappa shape index (κ1) is 96.6. The fourth-order valence-electron chi connectivity index (χ4n) is 15.9. The van der Waals surface area contributed by atoms with Gasteiger partial charge in [0.25, 0.3) is 0 Å². The predicted octanol–water partition coefficient (Wildman–Crippen LogP) is 8.76. The highest BCUT2D eigenvalue weighted by atomic mass is 35.5. The number of nitrogens with two attached hydrogens (primary N) is 6. The summed E-state index contributed by atoms with van der Waals surface area (Å²) in [6, 6.07) is 10.3. The van der Waals surface area contributed by atoms with E-state index in [4.69, 9.17) is 189 Å². The number of carbonyl (C=O) groups is 2. The van der Waals surface area contributed by atoms with Crippen molar-refractivity contribution in [3.63, 3.8) is 0 Å². The minimum absolute atomic E-state index is 0. The van der Waals surface area contributed by atoms with E-state index >= 15 is 0 Å². The highest BCUT2D eigenvalue weighted by Gasteiger charge is 2.56. The van der Waals surface area contributed by atoms with Gasteiger partial charge in [0.05, 0.1) is 73.9 Å². The fourth-order valence-corrected chi connectivity index (χ4v) is 16.9. The number of carboxylic acid groups (broad SMARTS) is 1. The number of esters is 1. The van der Waals surface area contributed by atoms with Crippen molar-refractivity contribution in [3.05, 3.63) is 105 Å². The van der Waals surface area contributed by atoms with Crippen molar-refractivity contribution in [2.24, 2.45) is 23.7 Å². The maximum atomic E-state index is 12.1. The van der Waals surface area contributed by atoms with Crippen molar-refractivity contribution in [3.8, 4) is 74.1 Å². The number of hydrogen-bond acceptors (Lipinski definition) is 34.